The molecule has 0 aliphatic rings. The number of aromatic nitrogens is 2. The Bertz CT molecular complexity index is 702. The maximum atomic E-state index is 12.2. The predicted molar refractivity (Wildman–Crippen MR) is 74.9 cm³/mol. The molecule has 5 nitrogen and oxygen atoms in total. The van der Waals surface area contributed by atoms with Gasteiger partial charge in [0.25, 0.3) is 10.0 Å². The van der Waals surface area contributed by atoms with E-state index in [0.717, 1.165) is 11.1 Å². The number of sulfonamides is 1. The molecule has 1 N–H and O–H groups in total. The van der Waals surface area contributed by atoms with Crippen LogP contribution in [0, 0.1) is 13.8 Å². The number of imidazole rings is 1. The van der Waals surface area contributed by atoms with Crippen molar-refractivity contribution in [1.29, 1.82) is 0 Å². The van der Waals surface area contributed by atoms with E-state index < -0.39 is 10.0 Å². The number of benzene rings is 1. The Balaban J connectivity index is 2.39. The van der Waals surface area contributed by atoms with Crippen molar-refractivity contribution in [3.05, 3.63) is 40.8 Å². The minimum atomic E-state index is -3.77. The lowest BCUT2D eigenvalue weighted by Crippen LogP contribution is -2.14. The third-order valence-electron chi connectivity index (χ3n) is 2.56. The highest BCUT2D eigenvalue weighted by Gasteiger charge is 2.22. The molecule has 0 unspecified atom stereocenters. The summed E-state index contributed by atoms with van der Waals surface area (Å²) < 4.78 is 28.3. The van der Waals surface area contributed by atoms with Gasteiger partial charge in [-0.15, -0.1) is 0 Å². The van der Waals surface area contributed by atoms with Gasteiger partial charge in [-0.3, -0.25) is 4.72 Å². The van der Waals surface area contributed by atoms with Gasteiger partial charge in [-0.2, -0.15) is 8.42 Å². The van der Waals surface area contributed by atoms with Gasteiger partial charge in [-0.25, -0.2) is 4.98 Å². The highest BCUT2D eigenvalue weighted by Crippen LogP contribution is 2.22. The average molecular weight is 300 g/mol. The first-order valence-electron chi connectivity index (χ1n) is 5.57. The molecule has 0 saturated heterocycles. The van der Waals surface area contributed by atoms with Crippen molar-refractivity contribution < 1.29 is 8.42 Å². The molecular weight excluding hydrogens is 286 g/mol. The fourth-order valence-corrected chi connectivity index (χ4v) is 3.28. The number of aryl methyl sites for hydroxylation is 3. The monoisotopic (exact) mass is 299 g/mol. The van der Waals surface area contributed by atoms with Gasteiger partial charge in [0.2, 0.25) is 5.03 Å². The SMILES string of the molecule is Cc1cc(C)cc(NS(=O)(=O)c2ncn(C)c2Cl)c1. The Kier molecular flexibility index (Phi) is 3.56. The van der Waals surface area contributed by atoms with Crippen LogP contribution >= 0.6 is 11.6 Å². The number of hydrogen-bond donors (Lipinski definition) is 1. The van der Waals surface area contributed by atoms with Gasteiger partial charge in [-0.1, -0.05) is 17.7 Å². The molecule has 0 saturated carbocycles. The smallest absolute Gasteiger partial charge is 0.282 e. The minimum absolute atomic E-state index is 0.0804. The average Bonchev–Trinajstić information content (AvgIpc) is 2.57. The van der Waals surface area contributed by atoms with Crippen molar-refractivity contribution in [2.75, 3.05) is 4.72 Å². The van der Waals surface area contributed by atoms with Crippen LogP contribution in [0.1, 0.15) is 11.1 Å². The maximum Gasteiger partial charge on any atom is 0.282 e. The molecule has 0 radical (unpaired) electrons. The van der Waals surface area contributed by atoms with E-state index in [-0.39, 0.29) is 10.2 Å². The summed E-state index contributed by atoms with van der Waals surface area (Å²) in [4.78, 5) is 3.81. The van der Waals surface area contributed by atoms with Crippen LogP contribution in [-0.4, -0.2) is 18.0 Å². The summed E-state index contributed by atoms with van der Waals surface area (Å²) in [6, 6.07) is 5.47. The second kappa shape index (κ2) is 4.86. The van der Waals surface area contributed by atoms with Gasteiger partial charge in [0.1, 0.15) is 5.15 Å². The molecule has 2 aromatic rings. The number of hydrogen-bond acceptors (Lipinski definition) is 3. The Labute approximate surface area is 117 Å². The third-order valence-corrected chi connectivity index (χ3v) is 4.43. The lowest BCUT2D eigenvalue weighted by Gasteiger charge is -2.08. The van der Waals surface area contributed by atoms with E-state index in [9.17, 15) is 8.42 Å². The third kappa shape index (κ3) is 2.90. The quantitative estimate of drug-likeness (QED) is 0.947. The fraction of sp³-hybridized carbons (Fsp3) is 0.250. The van der Waals surface area contributed by atoms with Gasteiger partial charge in [0.05, 0.1) is 6.33 Å². The van der Waals surface area contributed by atoms with Gasteiger partial charge in [0.15, 0.2) is 0 Å². The summed E-state index contributed by atoms with van der Waals surface area (Å²) in [5, 5.41) is -0.0901. The first-order chi connectivity index (χ1) is 8.79. The normalized spacial score (nSPS) is 11.6. The first-order valence-corrected chi connectivity index (χ1v) is 7.43. The maximum absolute atomic E-state index is 12.2. The van der Waals surface area contributed by atoms with Gasteiger partial charge in [0, 0.05) is 12.7 Å². The summed E-state index contributed by atoms with van der Waals surface area (Å²) in [7, 11) is -2.14. The highest BCUT2D eigenvalue weighted by atomic mass is 35.5. The molecule has 0 aliphatic carbocycles. The van der Waals surface area contributed by atoms with Gasteiger partial charge >= 0.3 is 0 Å². The summed E-state index contributed by atoms with van der Waals surface area (Å²) in [6.07, 6.45) is 1.36. The summed E-state index contributed by atoms with van der Waals surface area (Å²) in [5.41, 5.74) is 2.45. The molecule has 0 amide bonds. The molecule has 1 aromatic heterocycles. The van der Waals surface area contributed by atoms with Crippen LogP contribution in [0.25, 0.3) is 0 Å². The zero-order valence-electron chi connectivity index (χ0n) is 10.8. The van der Waals surface area contributed by atoms with E-state index in [2.05, 4.69) is 9.71 Å². The minimum Gasteiger partial charge on any atom is -0.324 e. The molecule has 0 spiro atoms. The predicted octanol–water partition coefficient (Wildman–Crippen LogP) is 2.49. The molecule has 1 heterocycles. The van der Waals surface area contributed by atoms with E-state index in [0.29, 0.717) is 5.69 Å². The van der Waals surface area contributed by atoms with Crippen molar-refractivity contribution >= 4 is 27.3 Å². The Morgan fingerprint density at radius 3 is 2.26 bits per heavy atom. The Morgan fingerprint density at radius 2 is 1.79 bits per heavy atom. The zero-order valence-corrected chi connectivity index (χ0v) is 12.4. The molecule has 0 atom stereocenters. The number of nitrogens with zero attached hydrogens (tertiary/aromatic N) is 2. The molecule has 1 aromatic carbocycles. The van der Waals surface area contributed by atoms with Crippen LogP contribution in [0.15, 0.2) is 29.6 Å². The van der Waals surface area contributed by atoms with Crippen molar-refractivity contribution in [3.63, 3.8) is 0 Å². The van der Waals surface area contributed by atoms with E-state index >= 15 is 0 Å². The van der Waals surface area contributed by atoms with Gasteiger partial charge < -0.3 is 4.57 Å². The van der Waals surface area contributed by atoms with E-state index in [1.807, 2.05) is 19.9 Å². The number of nitrogens with one attached hydrogen (secondary N) is 1. The largest absolute Gasteiger partial charge is 0.324 e. The van der Waals surface area contributed by atoms with Crippen LogP contribution in [0.3, 0.4) is 0 Å². The molecule has 2 rings (SSSR count). The molecule has 0 bridgehead atoms. The number of halogens is 1. The van der Waals surface area contributed by atoms with Crippen LogP contribution < -0.4 is 4.72 Å². The fourth-order valence-electron chi connectivity index (χ4n) is 1.81. The molecular formula is C12H14ClN3O2S. The first kappa shape index (κ1) is 13.9. The van der Waals surface area contributed by atoms with E-state index in [1.165, 1.54) is 10.9 Å². The number of anilines is 1. The highest BCUT2D eigenvalue weighted by molar-refractivity contribution is 7.92. The molecule has 19 heavy (non-hydrogen) atoms. The van der Waals surface area contributed by atoms with Crippen LogP contribution in [0.2, 0.25) is 5.15 Å². The van der Waals surface area contributed by atoms with Crippen molar-refractivity contribution in [2.24, 2.45) is 7.05 Å². The lowest BCUT2D eigenvalue weighted by molar-refractivity contribution is 0.598. The molecule has 0 aliphatic heterocycles. The Morgan fingerprint density at radius 1 is 1.21 bits per heavy atom. The lowest BCUT2D eigenvalue weighted by atomic mass is 10.1. The topological polar surface area (TPSA) is 64.0 Å². The molecule has 0 fully saturated rings. The van der Waals surface area contributed by atoms with Crippen molar-refractivity contribution in [2.45, 2.75) is 18.9 Å². The summed E-state index contributed by atoms with van der Waals surface area (Å²) >= 11 is 5.90. The standard InChI is InChI=1S/C12H14ClN3O2S/c1-8-4-9(2)6-10(5-8)15-19(17,18)12-11(13)16(3)7-14-12/h4-7,15H,1-3H3. The zero-order chi connectivity index (χ0) is 14.2. The second-order valence-electron chi connectivity index (χ2n) is 4.43. The summed E-state index contributed by atoms with van der Waals surface area (Å²) in [6.45, 7) is 3.80. The van der Waals surface area contributed by atoms with Crippen molar-refractivity contribution in [3.8, 4) is 0 Å². The Hall–Kier alpha value is -1.53. The van der Waals surface area contributed by atoms with Gasteiger partial charge in [-0.05, 0) is 37.1 Å². The van der Waals surface area contributed by atoms with Crippen LogP contribution in [0.4, 0.5) is 5.69 Å². The van der Waals surface area contributed by atoms with Crippen LogP contribution in [0.5, 0.6) is 0 Å². The number of rotatable bonds is 3. The molecule has 102 valence electrons. The molecule has 7 heteroatoms. The van der Waals surface area contributed by atoms with Crippen LogP contribution in [-0.2, 0) is 17.1 Å². The van der Waals surface area contributed by atoms with Crippen molar-refractivity contribution in [1.82, 2.24) is 9.55 Å². The second-order valence-corrected chi connectivity index (χ2v) is 6.39. The van der Waals surface area contributed by atoms with E-state index in [1.54, 1.807) is 19.2 Å². The summed E-state index contributed by atoms with van der Waals surface area (Å²) in [5.74, 6) is 0. The van der Waals surface area contributed by atoms with E-state index in [4.69, 9.17) is 11.6 Å².